The van der Waals surface area contributed by atoms with Crippen molar-refractivity contribution in [2.75, 3.05) is 6.54 Å². The molecule has 0 heterocycles. The highest BCUT2D eigenvalue weighted by atomic mass is 32.2. The van der Waals surface area contributed by atoms with Crippen molar-refractivity contribution in [2.24, 2.45) is 5.41 Å². The lowest BCUT2D eigenvalue weighted by Gasteiger charge is -2.26. The van der Waals surface area contributed by atoms with Crippen molar-refractivity contribution in [2.45, 2.75) is 31.6 Å². The Hall–Kier alpha value is -1.54. The third kappa shape index (κ3) is 3.76. The first kappa shape index (κ1) is 17.5. The Kier molecular flexibility index (Phi) is 5.41. The van der Waals surface area contributed by atoms with Gasteiger partial charge in [-0.15, -0.1) is 0 Å². The number of nitrogens with one attached hydrogen (secondary N) is 1. The topological polar surface area (TPSA) is 83.5 Å². The van der Waals surface area contributed by atoms with Gasteiger partial charge in [-0.1, -0.05) is 13.8 Å². The van der Waals surface area contributed by atoms with Crippen LogP contribution in [0.15, 0.2) is 23.1 Å². The van der Waals surface area contributed by atoms with Crippen LogP contribution >= 0.6 is 0 Å². The van der Waals surface area contributed by atoms with E-state index < -0.39 is 44.5 Å². The first-order valence-corrected chi connectivity index (χ1v) is 7.85. The number of hydrogen-bond donors (Lipinski definition) is 2. The van der Waals surface area contributed by atoms with Gasteiger partial charge in [-0.3, -0.25) is 4.79 Å². The van der Waals surface area contributed by atoms with E-state index in [9.17, 15) is 27.1 Å². The predicted octanol–water partition coefficient (Wildman–Crippen LogP) is 2.13. The van der Waals surface area contributed by atoms with Crippen molar-refractivity contribution < 1.29 is 27.1 Å². The summed E-state index contributed by atoms with van der Waals surface area (Å²) >= 11 is 0. The van der Waals surface area contributed by atoms with Gasteiger partial charge in [0.25, 0.3) is 0 Å². The third-order valence-corrected chi connectivity index (χ3v) is 5.01. The average Bonchev–Trinajstić information content (AvgIpc) is 2.42. The van der Waals surface area contributed by atoms with Gasteiger partial charge in [0.15, 0.2) is 0 Å². The van der Waals surface area contributed by atoms with Crippen LogP contribution in [0, 0.1) is 17.0 Å². The zero-order valence-corrected chi connectivity index (χ0v) is 12.5. The molecule has 0 amide bonds. The lowest BCUT2D eigenvalue weighted by molar-refractivity contribution is -0.149. The van der Waals surface area contributed by atoms with Gasteiger partial charge < -0.3 is 5.11 Å². The van der Waals surface area contributed by atoms with Crippen molar-refractivity contribution in [3.05, 3.63) is 29.8 Å². The molecule has 0 saturated carbocycles. The largest absolute Gasteiger partial charge is 0.481 e. The van der Waals surface area contributed by atoms with Crippen molar-refractivity contribution in [1.82, 2.24) is 4.72 Å². The fourth-order valence-electron chi connectivity index (χ4n) is 1.87. The van der Waals surface area contributed by atoms with Gasteiger partial charge in [-0.25, -0.2) is 21.9 Å². The van der Waals surface area contributed by atoms with E-state index in [1.165, 1.54) is 0 Å². The molecule has 0 aliphatic heterocycles. The number of rotatable bonds is 7. The summed E-state index contributed by atoms with van der Waals surface area (Å²) in [7, 11) is -4.33. The maximum absolute atomic E-state index is 13.5. The summed E-state index contributed by atoms with van der Waals surface area (Å²) in [5, 5.41) is 9.22. The molecular weight excluding hydrogens is 304 g/mol. The van der Waals surface area contributed by atoms with Gasteiger partial charge in [0, 0.05) is 6.54 Å². The Morgan fingerprint density at radius 3 is 2.33 bits per heavy atom. The Bertz CT molecular complexity index is 627. The summed E-state index contributed by atoms with van der Waals surface area (Å²) in [6, 6.07) is 2.06. The molecule has 1 aromatic carbocycles. The number of carboxylic acids is 1. The van der Waals surface area contributed by atoms with Crippen molar-refractivity contribution in [3.63, 3.8) is 0 Å². The summed E-state index contributed by atoms with van der Waals surface area (Å²) in [5.74, 6) is -3.14. The molecule has 0 unspecified atom stereocenters. The highest BCUT2D eigenvalue weighted by Gasteiger charge is 2.36. The number of sulfonamides is 1. The van der Waals surface area contributed by atoms with E-state index in [1.807, 2.05) is 0 Å². The van der Waals surface area contributed by atoms with E-state index in [2.05, 4.69) is 4.72 Å². The normalized spacial score (nSPS) is 12.4. The molecule has 0 atom stereocenters. The van der Waals surface area contributed by atoms with Gasteiger partial charge in [-0.05, 0) is 31.0 Å². The van der Waals surface area contributed by atoms with Gasteiger partial charge >= 0.3 is 5.97 Å². The molecule has 0 saturated heterocycles. The smallest absolute Gasteiger partial charge is 0.310 e. The Labute approximate surface area is 122 Å². The Morgan fingerprint density at radius 1 is 1.29 bits per heavy atom. The minimum atomic E-state index is -4.33. The Morgan fingerprint density at radius 2 is 1.86 bits per heavy atom. The quantitative estimate of drug-likeness (QED) is 0.806. The fraction of sp³-hybridized carbons (Fsp3) is 0.462. The molecule has 0 aliphatic rings. The zero-order valence-electron chi connectivity index (χ0n) is 11.7. The molecule has 0 fully saturated rings. The van der Waals surface area contributed by atoms with E-state index in [0.717, 1.165) is 6.07 Å². The third-order valence-electron chi connectivity index (χ3n) is 3.59. The summed E-state index contributed by atoms with van der Waals surface area (Å²) in [6.07, 6.45) is 0.403. The molecule has 118 valence electrons. The van der Waals surface area contributed by atoms with E-state index in [0.29, 0.717) is 12.1 Å². The first-order chi connectivity index (χ1) is 9.68. The van der Waals surface area contributed by atoms with E-state index in [-0.39, 0.29) is 12.8 Å². The number of hydrogen-bond acceptors (Lipinski definition) is 3. The fourth-order valence-corrected chi connectivity index (χ4v) is 3.09. The highest BCUT2D eigenvalue weighted by Crippen LogP contribution is 2.26. The lowest BCUT2D eigenvalue weighted by Crippen LogP contribution is -2.42. The van der Waals surface area contributed by atoms with Crippen molar-refractivity contribution in [3.8, 4) is 0 Å². The SMILES string of the molecule is CCC(CC)(CNS(=O)(=O)c1cc(F)ccc1F)C(=O)O. The minimum absolute atomic E-state index is 0.201. The molecule has 8 heteroatoms. The van der Waals surface area contributed by atoms with Gasteiger partial charge in [0.05, 0.1) is 5.41 Å². The molecule has 0 radical (unpaired) electrons. The van der Waals surface area contributed by atoms with Crippen LogP contribution in [-0.4, -0.2) is 26.0 Å². The van der Waals surface area contributed by atoms with Crippen LogP contribution < -0.4 is 4.72 Å². The summed E-state index contributed by atoms with van der Waals surface area (Å²) < 4.78 is 52.6. The molecule has 0 aromatic heterocycles. The van der Waals surface area contributed by atoms with Crippen molar-refractivity contribution in [1.29, 1.82) is 0 Å². The lowest BCUT2D eigenvalue weighted by atomic mass is 9.83. The molecule has 1 aromatic rings. The zero-order chi connectivity index (χ0) is 16.3. The van der Waals surface area contributed by atoms with E-state index >= 15 is 0 Å². The van der Waals surface area contributed by atoms with Crippen LogP contribution in [0.5, 0.6) is 0 Å². The van der Waals surface area contributed by atoms with Gasteiger partial charge in [0.2, 0.25) is 10.0 Å². The van der Waals surface area contributed by atoms with Crippen molar-refractivity contribution >= 4 is 16.0 Å². The monoisotopic (exact) mass is 321 g/mol. The van der Waals surface area contributed by atoms with Crippen LogP contribution in [0.25, 0.3) is 0 Å². The number of halogens is 2. The average molecular weight is 321 g/mol. The second-order valence-corrected chi connectivity index (χ2v) is 6.43. The standard InChI is InChI=1S/C13H17F2NO4S/c1-3-13(4-2,12(17)18)8-16-21(19,20)11-7-9(14)5-6-10(11)15/h5-7,16H,3-4,8H2,1-2H3,(H,17,18). The van der Waals surface area contributed by atoms with E-state index in [4.69, 9.17) is 0 Å². The second-order valence-electron chi connectivity index (χ2n) is 4.69. The maximum atomic E-state index is 13.5. The molecule has 21 heavy (non-hydrogen) atoms. The molecule has 0 bridgehead atoms. The van der Waals surface area contributed by atoms with Crippen LogP contribution in [0.3, 0.4) is 0 Å². The van der Waals surface area contributed by atoms with Crippen LogP contribution in [0.2, 0.25) is 0 Å². The summed E-state index contributed by atoms with van der Waals surface area (Å²) in [5.41, 5.74) is -1.28. The molecule has 0 aliphatic carbocycles. The van der Waals surface area contributed by atoms with Gasteiger partial charge in [0.1, 0.15) is 16.5 Å². The molecule has 5 nitrogen and oxygen atoms in total. The molecule has 1 rings (SSSR count). The Balaban J connectivity index is 3.06. The molecule has 2 N–H and O–H groups in total. The summed E-state index contributed by atoms with van der Waals surface area (Å²) in [4.78, 5) is 10.5. The second kappa shape index (κ2) is 6.48. The predicted molar refractivity (Wildman–Crippen MR) is 72.2 cm³/mol. The maximum Gasteiger partial charge on any atom is 0.310 e. The van der Waals surface area contributed by atoms with Crippen LogP contribution in [-0.2, 0) is 14.8 Å². The van der Waals surface area contributed by atoms with Gasteiger partial charge in [-0.2, -0.15) is 0 Å². The number of aliphatic carboxylic acids is 1. The number of carbonyl (C=O) groups is 1. The van der Waals surface area contributed by atoms with E-state index in [1.54, 1.807) is 13.8 Å². The van der Waals surface area contributed by atoms with Crippen LogP contribution in [0.1, 0.15) is 26.7 Å². The highest BCUT2D eigenvalue weighted by molar-refractivity contribution is 7.89. The molecule has 0 spiro atoms. The number of carboxylic acid groups (broad SMARTS) is 1. The first-order valence-electron chi connectivity index (χ1n) is 6.36. The summed E-state index contributed by atoms with van der Waals surface area (Å²) in [6.45, 7) is 2.84. The number of benzene rings is 1. The molecular formula is C13H17F2NO4S. The van der Waals surface area contributed by atoms with Crippen LogP contribution in [0.4, 0.5) is 8.78 Å². The minimum Gasteiger partial charge on any atom is -0.481 e.